The monoisotopic (exact) mass is 345 g/mol. The van der Waals surface area contributed by atoms with Crippen LogP contribution >= 0.6 is 11.8 Å². The van der Waals surface area contributed by atoms with Crippen LogP contribution in [0.1, 0.15) is 36.5 Å². The van der Waals surface area contributed by atoms with E-state index in [1.165, 1.54) is 18.7 Å². The van der Waals surface area contributed by atoms with Crippen LogP contribution in [0.3, 0.4) is 0 Å². The van der Waals surface area contributed by atoms with Gasteiger partial charge in [-0.15, -0.1) is 0 Å². The van der Waals surface area contributed by atoms with E-state index in [9.17, 15) is 14.4 Å². The SMILES string of the molecule is CC(=O)c1ccc(NC(=O)CC2SC(N3CCCC3)=NC2=O)cc1. The number of anilines is 1. The maximum atomic E-state index is 12.2. The molecule has 2 aliphatic heterocycles. The maximum absolute atomic E-state index is 12.2. The van der Waals surface area contributed by atoms with Crippen molar-refractivity contribution in [2.75, 3.05) is 18.4 Å². The van der Waals surface area contributed by atoms with Crippen LogP contribution in [0.25, 0.3) is 0 Å². The minimum absolute atomic E-state index is 0.0209. The largest absolute Gasteiger partial charge is 0.351 e. The molecule has 2 aliphatic rings. The van der Waals surface area contributed by atoms with Gasteiger partial charge < -0.3 is 10.2 Å². The number of benzene rings is 1. The number of aliphatic imine (C=N–C) groups is 1. The minimum atomic E-state index is -0.447. The van der Waals surface area contributed by atoms with Crippen LogP contribution in [0.15, 0.2) is 29.3 Å². The minimum Gasteiger partial charge on any atom is -0.351 e. The normalized spacial score (nSPS) is 20.2. The van der Waals surface area contributed by atoms with Gasteiger partial charge in [0.15, 0.2) is 11.0 Å². The number of hydrogen-bond donors (Lipinski definition) is 1. The summed E-state index contributed by atoms with van der Waals surface area (Å²) in [7, 11) is 0. The molecule has 0 saturated carbocycles. The number of rotatable bonds is 4. The molecular weight excluding hydrogens is 326 g/mol. The Kier molecular flexibility index (Phi) is 4.99. The average Bonchev–Trinajstić information content (AvgIpc) is 3.18. The Bertz CT molecular complexity index is 694. The van der Waals surface area contributed by atoms with E-state index in [0.29, 0.717) is 11.3 Å². The van der Waals surface area contributed by atoms with E-state index >= 15 is 0 Å². The van der Waals surface area contributed by atoms with Crippen LogP contribution in [0.2, 0.25) is 0 Å². The van der Waals surface area contributed by atoms with Crippen molar-refractivity contribution >= 4 is 40.2 Å². The zero-order valence-electron chi connectivity index (χ0n) is 13.4. The molecule has 1 saturated heterocycles. The average molecular weight is 345 g/mol. The first-order valence-corrected chi connectivity index (χ1v) is 8.86. The van der Waals surface area contributed by atoms with E-state index < -0.39 is 5.25 Å². The Morgan fingerprint density at radius 3 is 2.54 bits per heavy atom. The van der Waals surface area contributed by atoms with Gasteiger partial charge in [-0.2, -0.15) is 4.99 Å². The van der Waals surface area contributed by atoms with Crippen LogP contribution in [-0.4, -0.2) is 46.0 Å². The summed E-state index contributed by atoms with van der Waals surface area (Å²) in [5.74, 6) is -0.481. The summed E-state index contributed by atoms with van der Waals surface area (Å²) >= 11 is 1.38. The Hall–Kier alpha value is -2.15. The molecule has 0 aliphatic carbocycles. The summed E-state index contributed by atoms with van der Waals surface area (Å²) < 4.78 is 0. The Labute approximate surface area is 144 Å². The van der Waals surface area contributed by atoms with Crippen molar-refractivity contribution in [2.45, 2.75) is 31.4 Å². The van der Waals surface area contributed by atoms with Crippen LogP contribution < -0.4 is 5.32 Å². The highest BCUT2D eigenvalue weighted by Gasteiger charge is 2.33. The lowest BCUT2D eigenvalue weighted by atomic mass is 10.1. The molecule has 1 unspecified atom stereocenters. The Morgan fingerprint density at radius 1 is 1.25 bits per heavy atom. The van der Waals surface area contributed by atoms with Gasteiger partial charge in [0.05, 0.1) is 0 Å². The summed E-state index contributed by atoms with van der Waals surface area (Å²) in [6, 6.07) is 6.71. The number of thioether (sulfide) groups is 1. The van der Waals surface area contributed by atoms with E-state index in [1.54, 1.807) is 24.3 Å². The second-order valence-corrected chi connectivity index (χ2v) is 7.09. The number of amides is 2. The predicted molar refractivity (Wildman–Crippen MR) is 94.3 cm³/mol. The molecule has 7 heteroatoms. The lowest BCUT2D eigenvalue weighted by Gasteiger charge is -2.16. The number of carbonyl (C=O) groups excluding carboxylic acids is 3. The molecule has 2 heterocycles. The lowest BCUT2D eigenvalue weighted by molar-refractivity contribution is -0.121. The molecule has 1 aromatic rings. The number of amidine groups is 1. The van der Waals surface area contributed by atoms with E-state index in [2.05, 4.69) is 15.2 Å². The van der Waals surface area contributed by atoms with Crippen molar-refractivity contribution in [3.05, 3.63) is 29.8 Å². The second kappa shape index (κ2) is 7.17. The van der Waals surface area contributed by atoms with Crippen molar-refractivity contribution in [3.8, 4) is 0 Å². The summed E-state index contributed by atoms with van der Waals surface area (Å²) in [6.07, 6.45) is 2.34. The highest BCUT2D eigenvalue weighted by Crippen LogP contribution is 2.29. The number of ketones is 1. The number of nitrogens with zero attached hydrogens (tertiary/aromatic N) is 2. The van der Waals surface area contributed by atoms with E-state index in [-0.39, 0.29) is 24.0 Å². The molecule has 6 nitrogen and oxygen atoms in total. The molecule has 2 amide bonds. The topological polar surface area (TPSA) is 78.8 Å². The molecule has 1 N–H and O–H groups in total. The third-order valence-electron chi connectivity index (χ3n) is 4.05. The van der Waals surface area contributed by atoms with Gasteiger partial charge in [-0.1, -0.05) is 11.8 Å². The van der Waals surface area contributed by atoms with E-state index in [1.807, 2.05) is 0 Å². The fourth-order valence-corrected chi connectivity index (χ4v) is 3.84. The molecule has 0 bridgehead atoms. The molecule has 1 aromatic carbocycles. The smallest absolute Gasteiger partial charge is 0.262 e. The van der Waals surface area contributed by atoms with Gasteiger partial charge in [-0.3, -0.25) is 14.4 Å². The molecule has 1 atom stereocenters. The standard InChI is InChI=1S/C17H19N3O3S/c1-11(21)12-4-6-13(7-5-12)18-15(22)10-14-16(23)19-17(24-14)20-8-2-3-9-20/h4-7,14H,2-3,8-10H2,1H3,(H,18,22). The number of hydrogen-bond acceptors (Lipinski definition) is 5. The van der Waals surface area contributed by atoms with E-state index in [0.717, 1.165) is 31.1 Å². The molecule has 126 valence electrons. The molecule has 24 heavy (non-hydrogen) atoms. The van der Waals surface area contributed by atoms with Crippen LogP contribution in [0, 0.1) is 0 Å². The van der Waals surface area contributed by atoms with Crippen LogP contribution in [-0.2, 0) is 9.59 Å². The fourth-order valence-electron chi connectivity index (χ4n) is 2.72. The zero-order valence-corrected chi connectivity index (χ0v) is 14.3. The number of nitrogens with one attached hydrogen (secondary N) is 1. The summed E-state index contributed by atoms with van der Waals surface area (Å²) in [6.45, 7) is 3.36. The van der Waals surface area contributed by atoms with Crippen molar-refractivity contribution in [1.82, 2.24) is 4.90 Å². The zero-order chi connectivity index (χ0) is 17.1. The van der Waals surface area contributed by atoms with Crippen molar-refractivity contribution in [3.63, 3.8) is 0 Å². The first kappa shape index (κ1) is 16.7. The molecular formula is C17H19N3O3S. The highest BCUT2D eigenvalue weighted by molar-refractivity contribution is 8.15. The van der Waals surface area contributed by atoms with Gasteiger partial charge in [-0.25, -0.2) is 0 Å². The molecule has 0 spiro atoms. The van der Waals surface area contributed by atoms with E-state index in [4.69, 9.17) is 0 Å². The first-order valence-electron chi connectivity index (χ1n) is 7.98. The quantitative estimate of drug-likeness (QED) is 0.847. The third kappa shape index (κ3) is 3.84. The molecule has 0 aromatic heterocycles. The van der Waals surface area contributed by atoms with Crippen molar-refractivity contribution in [2.24, 2.45) is 4.99 Å². The number of likely N-dealkylation sites (tertiary alicyclic amines) is 1. The predicted octanol–water partition coefficient (Wildman–Crippen LogP) is 2.31. The fraction of sp³-hybridized carbons (Fsp3) is 0.412. The van der Waals surface area contributed by atoms with Crippen LogP contribution in [0.5, 0.6) is 0 Å². The van der Waals surface area contributed by atoms with Gasteiger partial charge in [0, 0.05) is 30.8 Å². The molecule has 0 radical (unpaired) electrons. The molecule has 3 rings (SSSR count). The Morgan fingerprint density at radius 2 is 1.92 bits per heavy atom. The van der Waals surface area contributed by atoms with Crippen molar-refractivity contribution in [1.29, 1.82) is 0 Å². The summed E-state index contributed by atoms with van der Waals surface area (Å²) in [5.41, 5.74) is 1.21. The third-order valence-corrected chi connectivity index (χ3v) is 5.26. The second-order valence-electron chi connectivity index (χ2n) is 5.92. The highest BCUT2D eigenvalue weighted by atomic mass is 32.2. The number of carbonyl (C=O) groups is 3. The van der Waals surface area contributed by atoms with Gasteiger partial charge in [0.1, 0.15) is 5.25 Å². The lowest BCUT2D eigenvalue weighted by Crippen LogP contribution is -2.25. The summed E-state index contributed by atoms with van der Waals surface area (Å²) in [4.78, 5) is 41.6. The number of Topliss-reactive ketones (excluding diaryl/α,β-unsaturated/α-hetero) is 1. The van der Waals surface area contributed by atoms with Crippen LogP contribution in [0.4, 0.5) is 5.69 Å². The molecule has 1 fully saturated rings. The van der Waals surface area contributed by atoms with Gasteiger partial charge in [0.2, 0.25) is 5.91 Å². The summed E-state index contributed by atoms with van der Waals surface area (Å²) in [5, 5.41) is 3.06. The van der Waals surface area contributed by atoms with Crippen molar-refractivity contribution < 1.29 is 14.4 Å². The Balaban J connectivity index is 1.53. The maximum Gasteiger partial charge on any atom is 0.262 e. The van der Waals surface area contributed by atoms with Gasteiger partial charge in [-0.05, 0) is 44.0 Å². The van der Waals surface area contributed by atoms with Gasteiger partial charge >= 0.3 is 0 Å². The van der Waals surface area contributed by atoms with Gasteiger partial charge in [0.25, 0.3) is 5.91 Å². The first-order chi connectivity index (χ1) is 11.5.